The van der Waals surface area contributed by atoms with Crippen LogP contribution in [0.25, 0.3) is 0 Å². The predicted octanol–water partition coefficient (Wildman–Crippen LogP) is 2.07. The van der Waals surface area contributed by atoms with Crippen molar-refractivity contribution < 1.29 is 4.79 Å². The molecule has 3 N–H and O–H groups in total. The average molecular weight is 221 g/mol. The molecule has 0 aliphatic heterocycles. The molecule has 0 aromatic heterocycles. The molecule has 0 radical (unpaired) electrons. The summed E-state index contributed by atoms with van der Waals surface area (Å²) in [4.78, 5) is 13.1. The van der Waals surface area contributed by atoms with Crippen LogP contribution in [0.3, 0.4) is 0 Å². The summed E-state index contributed by atoms with van der Waals surface area (Å²) in [6.45, 7) is 6.98. The normalized spacial score (nSPS) is 9.94. The van der Waals surface area contributed by atoms with Gasteiger partial charge in [0.05, 0.1) is 11.4 Å². The summed E-state index contributed by atoms with van der Waals surface area (Å²) in [5.41, 5.74) is 8.32. The van der Waals surface area contributed by atoms with Crippen LogP contribution >= 0.6 is 0 Å². The molecular formula is C12H19N3O. The summed E-state index contributed by atoms with van der Waals surface area (Å²) >= 11 is 0. The number of hydrogen-bond donors (Lipinski definition) is 2. The number of anilines is 3. The van der Waals surface area contributed by atoms with Gasteiger partial charge in [0.2, 0.25) is 5.91 Å². The third-order valence-corrected chi connectivity index (χ3v) is 2.41. The second-order valence-corrected chi connectivity index (χ2v) is 3.57. The van der Waals surface area contributed by atoms with Gasteiger partial charge in [-0.2, -0.15) is 0 Å². The first-order chi connectivity index (χ1) is 7.60. The highest BCUT2D eigenvalue weighted by Gasteiger charge is 2.10. The predicted molar refractivity (Wildman–Crippen MR) is 68.7 cm³/mol. The topological polar surface area (TPSA) is 58.4 Å². The van der Waals surface area contributed by atoms with Gasteiger partial charge >= 0.3 is 0 Å². The highest BCUT2D eigenvalue weighted by atomic mass is 16.2. The molecule has 0 fully saturated rings. The first-order valence-corrected chi connectivity index (χ1v) is 5.51. The Bertz CT molecular complexity index is 377. The SMILES string of the molecule is CCNc1ccc(N(CC)C(C)=O)cc1N. The number of nitrogens with zero attached hydrogens (tertiary/aromatic N) is 1. The molecule has 0 bridgehead atoms. The fourth-order valence-corrected chi connectivity index (χ4v) is 1.66. The number of carbonyl (C=O) groups is 1. The van der Waals surface area contributed by atoms with Crippen LogP contribution in [0.5, 0.6) is 0 Å². The molecule has 0 aliphatic carbocycles. The second kappa shape index (κ2) is 5.39. The molecule has 1 amide bonds. The minimum Gasteiger partial charge on any atom is -0.397 e. The summed E-state index contributed by atoms with van der Waals surface area (Å²) < 4.78 is 0. The van der Waals surface area contributed by atoms with Crippen molar-refractivity contribution in [2.45, 2.75) is 20.8 Å². The Morgan fingerprint density at radius 3 is 2.56 bits per heavy atom. The number of rotatable bonds is 4. The van der Waals surface area contributed by atoms with Crippen LogP contribution in [0, 0.1) is 0 Å². The first-order valence-electron chi connectivity index (χ1n) is 5.51. The first kappa shape index (κ1) is 12.4. The lowest BCUT2D eigenvalue weighted by Crippen LogP contribution is -2.27. The molecule has 0 atom stereocenters. The molecule has 88 valence electrons. The average Bonchev–Trinajstić information content (AvgIpc) is 2.22. The van der Waals surface area contributed by atoms with Gasteiger partial charge in [0.25, 0.3) is 0 Å². The van der Waals surface area contributed by atoms with E-state index in [0.29, 0.717) is 12.2 Å². The van der Waals surface area contributed by atoms with Crippen LogP contribution in [-0.2, 0) is 4.79 Å². The van der Waals surface area contributed by atoms with Gasteiger partial charge in [0.1, 0.15) is 0 Å². The van der Waals surface area contributed by atoms with E-state index in [9.17, 15) is 4.79 Å². The lowest BCUT2D eigenvalue weighted by Gasteiger charge is -2.20. The molecule has 1 aromatic rings. The highest BCUT2D eigenvalue weighted by molar-refractivity contribution is 5.92. The molecule has 0 unspecified atom stereocenters. The van der Waals surface area contributed by atoms with Crippen LogP contribution in [-0.4, -0.2) is 19.0 Å². The van der Waals surface area contributed by atoms with E-state index in [1.807, 2.05) is 32.0 Å². The van der Waals surface area contributed by atoms with Crippen LogP contribution < -0.4 is 16.0 Å². The van der Waals surface area contributed by atoms with Gasteiger partial charge in [-0.3, -0.25) is 4.79 Å². The Labute approximate surface area is 96.4 Å². The number of nitrogens with two attached hydrogens (primary N) is 1. The zero-order valence-electron chi connectivity index (χ0n) is 10.1. The Morgan fingerprint density at radius 2 is 2.12 bits per heavy atom. The highest BCUT2D eigenvalue weighted by Crippen LogP contribution is 2.25. The van der Waals surface area contributed by atoms with E-state index in [1.54, 1.807) is 11.8 Å². The Hall–Kier alpha value is -1.71. The maximum absolute atomic E-state index is 11.4. The molecular weight excluding hydrogens is 202 g/mol. The van der Waals surface area contributed by atoms with Crippen LogP contribution in [0.2, 0.25) is 0 Å². The summed E-state index contributed by atoms with van der Waals surface area (Å²) in [5.74, 6) is 0.0260. The van der Waals surface area contributed by atoms with E-state index in [2.05, 4.69) is 5.32 Å². The van der Waals surface area contributed by atoms with Crippen molar-refractivity contribution in [3.63, 3.8) is 0 Å². The smallest absolute Gasteiger partial charge is 0.223 e. The zero-order chi connectivity index (χ0) is 12.1. The minimum absolute atomic E-state index is 0.0260. The molecule has 1 aromatic carbocycles. The number of nitrogens with one attached hydrogen (secondary N) is 1. The number of carbonyl (C=O) groups excluding carboxylic acids is 1. The number of benzene rings is 1. The van der Waals surface area contributed by atoms with Crippen molar-refractivity contribution >= 4 is 23.0 Å². The van der Waals surface area contributed by atoms with Crippen LogP contribution in [0.15, 0.2) is 18.2 Å². The lowest BCUT2D eigenvalue weighted by molar-refractivity contribution is -0.116. The lowest BCUT2D eigenvalue weighted by atomic mass is 10.2. The Balaban J connectivity index is 2.99. The third kappa shape index (κ3) is 2.66. The van der Waals surface area contributed by atoms with E-state index >= 15 is 0 Å². The van der Waals surface area contributed by atoms with Gasteiger partial charge < -0.3 is 16.0 Å². The summed E-state index contributed by atoms with van der Waals surface area (Å²) in [7, 11) is 0. The van der Waals surface area contributed by atoms with Crippen molar-refractivity contribution in [2.75, 3.05) is 29.0 Å². The standard InChI is InChI=1S/C12H19N3O/c1-4-14-12-7-6-10(8-11(12)13)15(5-2)9(3)16/h6-8,14H,4-5,13H2,1-3H3. The van der Waals surface area contributed by atoms with Crippen molar-refractivity contribution in [1.82, 2.24) is 0 Å². The molecule has 0 heterocycles. The second-order valence-electron chi connectivity index (χ2n) is 3.57. The summed E-state index contributed by atoms with van der Waals surface area (Å²) in [5, 5.41) is 3.16. The van der Waals surface area contributed by atoms with Gasteiger partial charge in [-0.15, -0.1) is 0 Å². The van der Waals surface area contributed by atoms with E-state index in [0.717, 1.165) is 17.9 Å². The van der Waals surface area contributed by atoms with Gasteiger partial charge in [-0.05, 0) is 32.0 Å². The van der Waals surface area contributed by atoms with Gasteiger partial charge in [-0.25, -0.2) is 0 Å². The van der Waals surface area contributed by atoms with E-state index in [4.69, 9.17) is 5.73 Å². The third-order valence-electron chi connectivity index (χ3n) is 2.41. The molecule has 0 aliphatic rings. The van der Waals surface area contributed by atoms with Crippen LogP contribution in [0.4, 0.5) is 17.1 Å². The Morgan fingerprint density at radius 1 is 1.44 bits per heavy atom. The largest absolute Gasteiger partial charge is 0.397 e. The molecule has 0 saturated carbocycles. The van der Waals surface area contributed by atoms with Crippen LogP contribution in [0.1, 0.15) is 20.8 Å². The van der Waals surface area contributed by atoms with Crippen molar-refractivity contribution in [3.05, 3.63) is 18.2 Å². The maximum atomic E-state index is 11.4. The van der Waals surface area contributed by atoms with Crippen molar-refractivity contribution in [1.29, 1.82) is 0 Å². The van der Waals surface area contributed by atoms with Gasteiger partial charge in [0.15, 0.2) is 0 Å². The van der Waals surface area contributed by atoms with Gasteiger partial charge in [0, 0.05) is 25.7 Å². The fraction of sp³-hybridized carbons (Fsp3) is 0.417. The van der Waals surface area contributed by atoms with E-state index < -0.39 is 0 Å². The molecule has 16 heavy (non-hydrogen) atoms. The molecule has 0 saturated heterocycles. The number of hydrogen-bond acceptors (Lipinski definition) is 3. The Kier molecular flexibility index (Phi) is 4.17. The quantitative estimate of drug-likeness (QED) is 0.765. The monoisotopic (exact) mass is 221 g/mol. The number of nitrogen functional groups attached to an aromatic ring is 1. The van der Waals surface area contributed by atoms with Gasteiger partial charge in [-0.1, -0.05) is 0 Å². The minimum atomic E-state index is 0.0260. The summed E-state index contributed by atoms with van der Waals surface area (Å²) in [6.07, 6.45) is 0. The molecule has 0 spiro atoms. The maximum Gasteiger partial charge on any atom is 0.223 e. The number of amides is 1. The molecule has 4 nitrogen and oxygen atoms in total. The summed E-state index contributed by atoms with van der Waals surface area (Å²) in [6, 6.07) is 5.63. The molecule has 4 heteroatoms. The van der Waals surface area contributed by atoms with Crippen molar-refractivity contribution in [2.24, 2.45) is 0 Å². The van der Waals surface area contributed by atoms with E-state index in [-0.39, 0.29) is 5.91 Å². The van der Waals surface area contributed by atoms with Crippen molar-refractivity contribution in [3.8, 4) is 0 Å². The van der Waals surface area contributed by atoms with E-state index in [1.165, 1.54) is 0 Å². The zero-order valence-corrected chi connectivity index (χ0v) is 10.1. The molecule has 1 rings (SSSR count). The fourth-order valence-electron chi connectivity index (χ4n) is 1.66.